The average molecular weight is 444 g/mol. The van der Waals surface area contributed by atoms with Crippen LogP contribution < -0.4 is 10.6 Å². The quantitative estimate of drug-likeness (QED) is 0.297. The van der Waals surface area contributed by atoms with E-state index in [1.165, 1.54) is 0 Å². The van der Waals surface area contributed by atoms with Gasteiger partial charge in [-0.05, 0) is 57.5 Å². The Hall–Kier alpha value is -4.20. The van der Waals surface area contributed by atoms with Crippen molar-refractivity contribution in [2.24, 2.45) is 0 Å². The molecule has 168 valence electrons. The summed E-state index contributed by atoms with van der Waals surface area (Å²) in [7, 11) is 0. The van der Waals surface area contributed by atoms with Crippen LogP contribution in [0.5, 0.6) is 0 Å². The number of aryl methyl sites for hydroxylation is 2. The van der Waals surface area contributed by atoms with Gasteiger partial charge in [-0.3, -0.25) is 19.7 Å². The molecule has 3 N–H and O–H groups in total. The van der Waals surface area contributed by atoms with Crippen molar-refractivity contribution in [2.45, 2.75) is 33.7 Å². The maximum atomic E-state index is 12.9. The predicted octanol–water partition coefficient (Wildman–Crippen LogP) is 4.83. The highest BCUT2D eigenvalue weighted by Crippen LogP contribution is 2.36. The van der Waals surface area contributed by atoms with Gasteiger partial charge in [0.25, 0.3) is 17.5 Å². The van der Waals surface area contributed by atoms with E-state index < -0.39 is 4.92 Å². The summed E-state index contributed by atoms with van der Waals surface area (Å²) < 4.78 is 0. The fraction of sp³-hybridized carbons (Fsp3) is 0.200. The van der Waals surface area contributed by atoms with Crippen molar-refractivity contribution >= 4 is 34.8 Å². The Labute approximate surface area is 190 Å². The summed E-state index contributed by atoms with van der Waals surface area (Å²) in [6, 6.07) is 12.8. The highest BCUT2D eigenvalue weighted by molar-refractivity contribution is 6.35. The van der Waals surface area contributed by atoms with E-state index in [9.17, 15) is 19.7 Å². The van der Waals surface area contributed by atoms with Gasteiger partial charge in [-0.2, -0.15) is 0 Å². The summed E-state index contributed by atoms with van der Waals surface area (Å²) in [5.74, 6) is -0.586. The smallest absolute Gasteiger partial charge is 0.293 e. The molecule has 0 saturated carbocycles. The zero-order chi connectivity index (χ0) is 23.9. The van der Waals surface area contributed by atoms with Crippen molar-refractivity contribution in [1.82, 2.24) is 10.3 Å². The van der Waals surface area contributed by atoms with E-state index in [2.05, 4.69) is 15.6 Å². The molecule has 0 spiro atoms. The van der Waals surface area contributed by atoms with E-state index in [1.54, 1.807) is 38.1 Å². The fourth-order valence-electron chi connectivity index (χ4n) is 4.02. The van der Waals surface area contributed by atoms with Gasteiger partial charge in [-0.25, -0.2) is 0 Å². The van der Waals surface area contributed by atoms with Crippen LogP contribution >= 0.6 is 0 Å². The zero-order valence-electron chi connectivity index (χ0n) is 18.8. The van der Waals surface area contributed by atoms with Gasteiger partial charge in [0.15, 0.2) is 0 Å². The zero-order valence-corrected chi connectivity index (χ0v) is 18.8. The first kappa shape index (κ1) is 22.0. The lowest BCUT2D eigenvalue weighted by Gasteiger charge is -2.15. The molecule has 0 bridgehead atoms. The molecule has 8 nitrogen and oxygen atoms in total. The Bertz CT molecular complexity index is 1320. The van der Waals surface area contributed by atoms with Gasteiger partial charge in [-0.15, -0.1) is 0 Å². The lowest BCUT2D eigenvalue weighted by Crippen LogP contribution is -2.26. The SMILES string of the molecule is Cc1ccc([C@@H](C)NC(=O)c2ccc3c(c2)/C(=C/c2[nH]c(C)c([N+](=O)[O-])c2C)C(=O)N3)cc1. The van der Waals surface area contributed by atoms with Crippen molar-refractivity contribution in [2.75, 3.05) is 5.32 Å². The normalized spacial score (nSPS) is 14.7. The van der Waals surface area contributed by atoms with Gasteiger partial charge in [0, 0.05) is 22.5 Å². The number of carbonyl (C=O) groups excluding carboxylic acids is 2. The molecule has 0 fully saturated rings. The topological polar surface area (TPSA) is 117 Å². The summed E-state index contributed by atoms with van der Waals surface area (Å²) in [6.07, 6.45) is 1.59. The van der Waals surface area contributed by atoms with Gasteiger partial charge in [-0.1, -0.05) is 29.8 Å². The van der Waals surface area contributed by atoms with E-state index >= 15 is 0 Å². The van der Waals surface area contributed by atoms with Crippen molar-refractivity contribution in [1.29, 1.82) is 0 Å². The lowest BCUT2D eigenvalue weighted by atomic mass is 10.0. The maximum absolute atomic E-state index is 12.9. The molecule has 2 heterocycles. The molecule has 8 heteroatoms. The maximum Gasteiger partial charge on any atom is 0.293 e. The van der Waals surface area contributed by atoms with Crippen molar-refractivity contribution in [3.05, 3.63) is 91.8 Å². The molecule has 1 aliphatic rings. The predicted molar refractivity (Wildman–Crippen MR) is 127 cm³/mol. The number of H-pyrrole nitrogens is 1. The molecule has 0 radical (unpaired) electrons. The molecule has 1 atom stereocenters. The molecule has 2 aromatic carbocycles. The molecule has 1 aliphatic heterocycles. The third-order valence-corrected chi connectivity index (χ3v) is 5.90. The molecule has 33 heavy (non-hydrogen) atoms. The Balaban J connectivity index is 1.64. The molecular weight excluding hydrogens is 420 g/mol. The highest BCUT2D eigenvalue weighted by atomic mass is 16.6. The molecule has 0 saturated heterocycles. The number of carbonyl (C=O) groups is 2. The number of fused-ring (bicyclic) bond motifs is 1. The van der Waals surface area contributed by atoms with Crippen LogP contribution in [0, 0.1) is 30.9 Å². The number of benzene rings is 2. The van der Waals surface area contributed by atoms with Crippen molar-refractivity contribution < 1.29 is 14.5 Å². The third-order valence-electron chi connectivity index (χ3n) is 5.90. The van der Waals surface area contributed by atoms with Crippen LogP contribution in [0.3, 0.4) is 0 Å². The van der Waals surface area contributed by atoms with E-state index in [4.69, 9.17) is 0 Å². The number of aromatic amines is 1. The summed E-state index contributed by atoms with van der Waals surface area (Å²) in [5, 5.41) is 17.1. The van der Waals surface area contributed by atoms with Crippen molar-refractivity contribution in [3.8, 4) is 0 Å². The number of nitro groups is 1. The Morgan fingerprint density at radius 1 is 1.12 bits per heavy atom. The minimum atomic E-state index is -0.441. The number of nitrogens with one attached hydrogen (secondary N) is 3. The number of hydrogen-bond donors (Lipinski definition) is 3. The van der Waals surface area contributed by atoms with Crippen LogP contribution in [0.2, 0.25) is 0 Å². The van der Waals surface area contributed by atoms with Crippen LogP contribution in [0.4, 0.5) is 11.4 Å². The molecular formula is C25H24N4O4. The van der Waals surface area contributed by atoms with Crippen molar-refractivity contribution in [3.63, 3.8) is 0 Å². The number of rotatable bonds is 5. The number of hydrogen-bond acceptors (Lipinski definition) is 4. The van der Waals surface area contributed by atoms with Gasteiger partial charge >= 0.3 is 0 Å². The highest BCUT2D eigenvalue weighted by Gasteiger charge is 2.27. The number of amides is 2. The number of nitrogens with zero attached hydrogens (tertiary/aromatic N) is 1. The molecule has 2 amide bonds. The van der Waals surface area contributed by atoms with E-state index in [1.807, 2.05) is 38.1 Å². The first-order valence-electron chi connectivity index (χ1n) is 10.5. The first-order valence-corrected chi connectivity index (χ1v) is 10.5. The van der Waals surface area contributed by atoms with E-state index in [0.29, 0.717) is 39.3 Å². The van der Waals surface area contributed by atoms with Gasteiger partial charge in [0.05, 0.1) is 27.8 Å². The molecule has 4 rings (SSSR count). The fourth-order valence-corrected chi connectivity index (χ4v) is 4.02. The second kappa shape index (κ2) is 8.38. The van der Waals surface area contributed by atoms with E-state index in [0.717, 1.165) is 11.1 Å². The largest absolute Gasteiger partial charge is 0.353 e. The molecule has 3 aromatic rings. The van der Waals surface area contributed by atoms with Crippen LogP contribution in [-0.2, 0) is 4.79 Å². The first-order chi connectivity index (χ1) is 15.7. The minimum absolute atomic E-state index is 0.00120. The summed E-state index contributed by atoms with van der Waals surface area (Å²) in [6.45, 7) is 7.17. The molecule has 0 unspecified atom stereocenters. The second-order valence-electron chi connectivity index (χ2n) is 8.27. The van der Waals surface area contributed by atoms with Crippen LogP contribution in [0.15, 0.2) is 42.5 Å². The Morgan fingerprint density at radius 2 is 1.82 bits per heavy atom. The van der Waals surface area contributed by atoms with E-state index in [-0.39, 0.29) is 23.5 Å². The number of aromatic nitrogens is 1. The molecule has 1 aromatic heterocycles. The minimum Gasteiger partial charge on any atom is -0.353 e. The number of anilines is 1. The monoisotopic (exact) mass is 444 g/mol. The summed E-state index contributed by atoms with van der Waals surface area (Å²) >= 11 is 0. The lowest BCUT2D eigenvalue weighted by molar-refractivity contribution is -0.385. The average Bonchev–Trinajstić information content (AvgIpc) is 3.23. The standard InChI is InChI=1S/C25H24N4O4/c1-13-5-7-17(8-6-13)15(3)27-24(30)18-9-10-21-19(11-18)20(25(31)28-21)12-22-14(2)23(29(32)33)16(4)26-22/h5-12,15,26H,1-4H3,(H,27,30)(H,28,31)/b20-12-/t15-/m1/s1. The van der Waals surface area contributed by atoms with Gasteiger partial charge < -0.3 is 15.6 Å². The molecule has 0 aliphatic carbocycles. The van der Waals surface area contributed by atoms with Gasteiger partial charge in [0.1, 0.15) is 0 Å². The van der Waals surface area contributed by atoms with Crippen LogP contribution in [-0.4, -0.2) is 21.7 Å². The third kappa shape index (κ3) is 4.15. The second-order valence-corrected chi connectivity index (χ2v) is 8.27. The van der Waals surface area contributed by atoms with Crippen LogP contribution in [0.1, 0.15) is 57.0 Å². The summed E-state index contributed by atoms with van der Waals surface area (Å²) in [4.78, 5) is 39.4. The van der Waals surface area contributed by atoms with Gasteiger partial charge in [0.2, 0.25) is 0 Å². The Kier molecular flexibility index (Phi) is 5.59. The summed E-state index contributed by atoms with van der Waals surface area (Å²) in [5.41, 5.74) is 5.41. The Morgan fingerprint density at radius 3 is 2.45 bits per heavy atom. The van der Waals surface area contributed by atoms with Crippen LogP contribution in [0.25, 0.3) is 11.6 Å².